The molecule has 1 heterocycles. The summed E-state index contributed by atoms with van der Waals surface area (Å²) >= 11 is 1.48. The fourth-order valence-corrected chi connectivity index (χ4v) is 3.56. The zero-order valence-electron chi connectivity index (χ0n) is 13.5. The van der Waals surface area contributed by atoms with Crippen LogP contribution < -0.4 is 5.32 Å². The molecule has 0 aliphatic rings. The Labute approximate surface area is 138 Å². The number of benzene rings is 1. The van der Waals surface area contributed by atoms with Gasteiger partial charge in [-0.15, -0.1) is 11.3 Å². The molecule has 0 aliphatic carbocycles. The van der Waals surface area contributed by atoms with Crippen molar-refractivity contribution in [3.8, 4) is 0 Å². The minimum absolute atomic E-state index is 0.0677. The van der Waals surface area contributed by atoms with Crippen LogP contribution in [-0.4, -0.2) is 21.1 Å². The molecule has 1 aromatic carbocycles. The number of hydrogen-bond acceptors (Lipinski definition) is 4. The van der Waals surface area contributed by atoms with Gasteiger partial charge in [-0.1, -0.05) is 17.7 Å². The molecule has 1 amide bonds. The lowest BCUT2D eigenvalue weighted by Gasteiger charge is -2.15. The third-order valence-electron chi connectivity index (χ3n) is 2.49. The second kappa shape index (κ2) is 8.19. The molecular formula is C16H22N2O2S2. The fourth-order valence-electron chi connectivity index (χ4n) is 1.36. The average Bonchev–Trinajstić information content (AvgIpc) is 2.85. The first-order chi connectivity index (χ1) is 10.2. The highest BCUT2D eigenvalue weighted by molar-refractivity contribution is 7.87. The standard InChI is InChI=1S/C11H11NOS2.C5H11NO/c1-8-3-5-10(6-4-8)15(13)11-12-7-9(2)14-11;1-5(2,3)6-4-7/h3-7H,1-2H3;4H,1-3H3,(H,6,7). The topological polar surface area (TPSA) is 59.1 Å². The summed E-state index contributed by atoms with van der Waals surface area (Å²) in [5.74, 6) is 0. The number of hydrogen-bond donors (Lipinski definition) is 1. The molecule has 0 aliphatic heterocycles. The average molecular weight is 338 g/mol. The lowest BCUT2D eigenvalue weighted by molar-refractivity contribution is -0.110. The minimum atomic E-state index is -1.13. The van der Waals surface area contributed by atoms with Crippen LogP contribution >= 0.6 is 11.3 Å². The van der Waals surface area contributed by atoms with Crippen molar-refractivity contribution < 1.29 is 9.00 Å². The van der Waals surface area contributed by atoms with Crippen LogP contribution in [0.5, 0.6) is 0 Å². The van der Waals surface area contributed by atoms with Crippen molar-refractivity contribution in [3.05, 3.63) is 40.9 Å². The van der Waals surface area contributed by atoms with Crippen molar-refractivity contribution in [2.75, 3.05) is 0 Å². The third kappa shape index (κ3) is 6.49. The predicted octanol–water partition coefficient (Wildman–Crippen LogP) is 3.46. The van der Waals surface area contributed by atoms with Crippen molar-refractivity contribution in [2.24, 2.45) is 0 Å². The molecule has 0 spiro atoms. The van der Waals surface area contributed by atoms with Gasteiger partial charge in [-0.25, -0.2) is 9.19 Å². The third-order valence-corrected chi connectivity index (χ3v) is 5.02. The Bertz CT molecular complexity index is 628. The Morgan fingerprint density at radius 2 is 1.77 bits per heavy atom. The van der Waals surface area contributed by atoms with Gasteiger partial charge in [-0.2, -0.15) is 0 Å². The number of carbonyl (C=O) groups excluding carboxylic acids is 1. The fraction of sp³-hybridized carbons (Fsp3) is 0.375. The van der Waals surface area contributed by atoms with Gasteiger partial charge < -0.3 is 5.32 Å². The Hall–Kier alpha value is -1.53. The van der Waals surface area contributed by atoms with Crippen molar-refractivity contribution in [1.29, 1.82) is 0 Å². The van der Waals surface area contributed by atoms with Gasteiger partial charge in [0, 0.05) is 21.5 Å². The smallest absolute Gasteiger partial charge is 0.207 e. The molecule has 22 heavy (non-hydrogen) atoms. The first-order valence-electron chi connectivity index (χ1n) is 6.85. The maximum atomic E-state index is 12.0. The summed E-state index contributed by atoms with van der Waals surface area (Å²) in [5.41, 5.74) is 1.10. The molecule has 0 fully saturated rings. The monoisotopic (exact) mass is 338 g/mol. The zero-order chi connectivity index (χ0) is 16.8. The molecule has 1 N–H and O–H groups in total. The molecule has 2 aromatic rings. The Balaban J connectivity index is 0.000000295. The van der Waals surface area contributed by atoms with E-state index in [9.17, 15) is 9.00 Å². The van der Waals surface area contributed by atoms with Gasteiger partial charge in [-0.05, 0) is 46.8 Å². The van der Waals surface area contributed by atoms with E-state index in [1.165, 1.54) is 16.9 Å². The molecule has 120 valence electrons. The summed E-state index contributed by atoms with van der Waals surface area (Å²) in [4.78, 5) is 15.7. The van der Waals surface area contributed by atoms with Crippen LogP contribution in [0.15, 0.2) is 39.7 Å². The number of nitrogens with one attached hydrogen (secondary N) is 1. The highest BCUT2D eigenvalue weighted by atomic mass is 32.2. The molecule has 0 bridgehead atoms. The normalized spacial score (nSPS) is 12.0. The van der Waals surface area contributed by atoms with E-state index in [0.717, 1.165) is 9.77 Å². The number of thiazole rings is 1. The maximum absolute atomic E-state index is 12.0. The molecule has 0 saturated carbocycles. The van der Waals surface area contributed by atoms with Crippen LogP contribution in [0.4, 0.5) is 0 Å². The van der Waals surface area contributed by atoms with E-state index in [1.807, 2.05) is 58.9 Å². The van der Waals surface area contributed by atoms with Crippen molar-refractivity contribution >= 4 is 28.5 Å². The van der Waals surface area contributed by atoms with Crippen molar-refractivity contribution in [2.45, 2.75) is 49.4 Å². The summed E-state index contributed by atoms with van der Waals surface area (Å²) in [5, 5.41) is 2.60. The summed E-state index contributed by atoms with van der Waals surface area (Å²) in [6.07, 6.45) is 2.46. The molecular weight excluding hydrogens is 316 g/mol. The quantitative estimate of drug-likeness (QED) is 0.872. The number of aryl methyl sites for hydroxylation is 2. The van der Waals surface area contributed by atoms with E-state index in [2.05, 4.69) is 10.3 Å². The van der Waals surface area contributed by atoms with Gasteiger partial charge in [0.05, 0.1) is 0 Å². The first-order valence-corrected chi connectivity index (χ1v) is 8.82. The highest BCUT2D eigenvalue weighted by Crippen LogP contribution is 2.21. The van der Waals surface area contributed by atoms with E-state index in [1.54, 1.807) is 6.20 Å². The van der Waals surface area contributed by atoms with E-state index in [0.29, 0.717) is 10.7 Å². The Kier molecular flexibility index (Phi) is 6.90. The summed E-state index contributed by atoms with van der Waals surface area (Å²) in [7, 11) is -1.13. The van der Waals surface area contributed by atoms with Gasteiger partial charge in [0.15, 0.2) is 4.34 Å². The summed E-state index contributed by atoms with van der Waals surface area (Å²) < 4.78 is 12.7. The molecule has 6 heteroatoms. The van der Waals surface area contributed by atoms with Crippen LogP contribution in [0.25, 0.3) is 0 Å². The molecule has 2 rings (SSSR count). The second-order valence-electron chi connectivity index (χ2n) is 5.83. The van der Waals surface area contributed by atoms with Crippen LogP contribution in [0.1, 0.15) is 31.2 Å². The number of rotatable bonds is 3. The molecule has 1 unspecified atom stereocenters. The van der Waals surface area contributed by atoms with Gasteiger partial charge in [-0.3, -0.25) is 4.79 Å². The van der Waals surface area contributed by atoms with Crippen LogP contribution in [-0.2, 0) is 15.6 Å². The van der Waals surface area contributed by atoms with Crippen LogP contribution in [0, 0.1) is 13.8 Å². The molecule has 1 aromatic heterocycles. The van der Waals surface area contributed by atoms with E-state index in [-0.39, 0.29) is 5.54 Å². The minimum Gasteiger partial charge on any atom is -0.354 e. The zero-order valence-corrected chi connectivity index (χ0v) is 15.2. The maximum Gasteiger partial charge on any atom is 0.207 e. The van der Waals surface area contributed by atoms with Gasteiger partial charge in [0.1, 0.15) is 10.8 Å². The molecule has 1 atom stereocenters. The Morgan fingerprint density at radius 1 is 1.18 bits per heavy atom. The largest absolute Gasteiger partial charge is 0.354 e. The van der Waals surface area contributed by atoms with Crippen LogP contribution in [0.2, 0.25) is 0 Å². The molecule has 0 saturated heterocycles. The number of carbonyl (C=O) groups is 1. The predicted molar refractivity (Wildman–Crippen MR) is 91.7 cm³/mol. The molecule has 0 radical (unpaired) electrons. The SMILES string of the molecule is CC(C)(C)NC=O.Cc1ccc(S(=O)c2ncc(C)s2)cc1. The lowest BCUT2D eigenvalue weighted by atomic mass is 10.1. The van der Waals surface area contributed by atoms with E-state index < -0.39 is 10.8 Å². The van der Waals surface area contributed by atoms with Crippen molar-refractivity contribution in [3.63, 3.8) is 0 Å². The highest BCUT2D eigenvalue weighted by Gasteiger charge is 2.10. The Morgan fingerprint density at radius 3 is 2.14 bits per heavy atom. The second-order valence-corrected chi connectivity index (χ2v) is 8.72. The number of aromatic nitrogens is 1. The van der Waals surface area contributed by atoms with Gasteiger partial charge in [0.25, 0.3) is 0 Å². The van der Waals surface area contributed by atoms with Gasteiger partial charge in [0.2, 0.25) is 6.41 Å². The first kappa shape index (κ1) is 18.5. The summed E-state index contributed by atoms with van der Waals surface area (Å²) in [6, 6.07) is 7.71. The molecule has 4 nitrogen and oxygen atoms in total. The van der Waals surface area contributed by atoms with Crippen molar-refractivity contribution in [1.82, 2.24) is 10.3 Å². The summed E-state index contributed by atoms with van der Waals surface area (Å²) in [6.45, 7) is 9.78. The lowest BCUT2D eigenvalue weighted by Crippen LogP contribution is -2.34. The van der Waals surface area contributed by atoms with E-state index in [4.69, 9.17) is 0 Å². The number of nitrogens with zero attached hydrogens (tertiary/aromatic N) is 1. The van der Waals surface area contributed by atoms with E-state index >= 15 is 0 Å². The van der Waals surface area contributed by atoms with Gasteiger partial charge >= 0.3 is 0 Å². The van der Waals surface area contributed by atoms with Crippen LogP contribution in [0.3, 0.4) is 0 Å². The number of amides is 1.